The van der Waals surface area contributed by atoms with Crippen LogP contribution in [0, 0.1) is 0 Å². The maximum Gasteiger partial charge on any atom is 0.407 e. The fraction of sp³-hybridized carbons (Fsp3) is 0.500. The van der Waals surface area contributed by atoms with Crippen molar-refractivity contribution in [3.8, 4) is 0 Å². The third-order valence-corrected chi connectivity index (χ3v) is 3.34. The van der Waals surface area contributed by atoms with Gasteiger partial charge < -0.3 is 10.1 Å². The molecule has 1 aromatic carbocycles. The maximum absolute atomic E-state index is 11.7. The third kappa shape index (κ3) is 6.83. The molecule has 1 aromatic rings. The lowest BCUT2D eigenvalue weighted by molar-refractivity contribution is 0.0510. The summed E-state index contributed by atoms with van der Waals surface area (Å²) in [6.07, 6.45) is 0.327. The number of hydrogen-bond acceptors (Lipinski definition) is 2. The number of alkyl carbamates (subject to hydrolysis) is 1. The van der Waals surface area contributed by atoms with Gasteiger partial charge in [0.25, 0.3) is 0 Å². The maximum atomic E-state index is 11.7. The highest BCUT2D eigenvalue weighted by molar-refractivity contribution is 9.09. The first-order valence-corrected chi connectivity index (χ1v) is 7.60. The molecular formula is C14H19BrClNO2. The minimum atomic E-state index is -0.485. The normalized spacial score (nSPS) is 12.9. The van der Waals surface area contributed by atoms with E-state index in [-0.39, 0.29) is 6.04 Å². The lowest BCUT2D eigenvalue weighted by atomic mass is 10.1. The first-order chi connectivity index (χ1) is 8.80. The van der Waals surface area contributed by atoms with Crippen LogP contribution in [0.1, 0.15) is 26.3 Å². The summed E-state index contributed by atoms with van der Waals surface area (Å²) < 4.78 is 5.23. The number of nitrogens with one attached hydrogen (secondary N) is 1. The van der Waals surface area contributed by atoms with Crippen LogP contribution >= 0.6 is 27.5 Å². The average Bonchev–Trinajstić information content (AvgIpc) is 2.28. The number of carbonyl (C=O) groups excluding carboxylic acids is 1. The van der Waals surface area contributed by atoms with Crippen molar-refractivity contribution in [2.24, 2.45) is 0 Å². The van der Waals surface area contributed by atoms with Crippen LogP contribution in [0.15, 0.2) is 24.3 Å². The van der Waals surface area contributed by atoms with Crippen LogP contribution < -0.4 is 5.32 Å². The molecule has 0 saturated carbocycles. The molecule has 1 unspecified atom stereocenters. The minimum absolute atomic E-state index is 0.0176. The fourth-order valence-corrected chi connectivity index (χ4v) is 2.04. The summed E-state index contributed by atoms with van der Waals surface area (Å²) in [5.74, 6) is 0. The second-order valence-corrected chi connectivity index (χ2v) is 6.41. The van der Waals surface area contributed by atoms with Gasteiger partial charge in [0.05, 0.1) is 0 Å². The van der Waals surface area contributed by atoms with Gasteiger partial charge in [-0.3, -0.25) is 0 Å². The smallest absolute Gasteiger partial charge is 0.407 e. The van der Waals surface area contributed by atoms with Crippen molar-refractivity contribution < 1.29 is 9.53 Å². The lowest BCUT2D eigenvalue weighted by Crippen LogP contribution is -2.41. The molecule has 106 valence electrons. The molecule has 1 N–H and O–H groups in total. The SMILES string of the molecule is CC(C)(C)OC(=O)NC(CBr)Cc1ccc(Cl)cc1. The Bertz CT molecular complexity index is 414. The first kappa shape index (κ1) is 16.3. The van der Waals surface area contributed by atoms with Crippen LogP contribution in [0.25, 0.3) is 0 Å². The van der Waals surface area contributed by atoms with Crippen LogP contribution in [0.4, 0.5) is 4.79 Å². The quantitative estimate of drug-likeness (QED) is 0.829. The van der Waals surface area contributed by atoms with E-state index in [0.29, 0.717) is 10.4 Å². The molecule has 0 aliphatic rings. The van der Waals surface area contributed by atoms with Gasteiger partial charge in [0.2, 0.25) is 0 Å². The molecule has 3 nitrogen and oxygen atoms in total. The van der Waals surface area contributed by atoms with Gasteiger partial charge in [-0.25, -0.2) is 4.79 Å². The van der Waals surface area contributed by atoms with E-state index in [0.717, 1.165) is 12.0 Å². The van der Waals surface area contributed by atoms with Crippen molar-refractivity contribution in [3.63, 3.8) is 0 Å². The van der Waals surface area contributed by atoms with Crippen molar-refractivity contribution in [2.75, 3.05) is 5.33 Å². The molecule has 0 aliphatic heterocycles. The van der Waals surface area contributed by atoms with Crippen LogP contribution in [-0.4, -0.2) is 23.1 Å². The predicted octanol–water partition coefficient (Wildman–Crippen LogP) is 4.17. The molecular weight excluding hydrogens is 330 g/mol. The molecule has 1 atom stereocenters. The Labute approximate surface area is 127 Å². The number of amides is 1. The number of alkyl halides is 1. The van der Waals surface area contributed by atoms with Gasteiger partial charge in [0.15, 0.2) is 0 Å². The van der Waals surface area contributed by atoms with E-state index >= 15 is 0 Å². The van der Waals surface area contributed by atoms with Gasteiger partial charge in [0.1, 0.15) is 5.60 Å². The van der Waals surface area contributed by atoms with E-state index in [2.05, 4.69) is 21.2 Å². The van der Waals surface area contributed by atoms with E-state index in [9.17, 15) is 4.79 Å². The van der Waals surface area contributed by atoms with Gasteiger partial charge in [-0.15, -0.1) is 0 Å². The van der Waals surface area contributed by atoms with Gasteiger partial charge in [-0.05, 0) is 44.9 Å². The Morgan fingerprint density at radius 1 is 1.37 bits per heavy atom. The molecule has 1 rings (SSSR count). The summed E-state index contributed by atoms with van der Waals surface area (Å²) >= 11 is 9.24. The van der Waals surface area contributed by atoms with Crippen molar-refractivity contribution in [1.82, 2.24) is 5.32 Å². The Morgan fingerprint density at radius 3 is 2.42 bits per heavy atom. The van der Waals surface area contributed by atoms with Gasteiger partial charge in [0, 0.05) is 16.4 Å². The van der Waals surface area contributed by atoms with E-state index < -0.39 is 11.7 Å². The Hall–Kier alpha value is -0.740. The molecule has 0 fully saturated rings. The predicted molar refractivity (Wildman–Crippen MR) is 82.1 cm³/mol. The summed E-state index contributed by atoms with van der Waals surface area (Å²) in [7, 11) is 0. The number of ether oxygens (including phenoxy) is 1. The molecule has 0 heterocycles. The average molecular weight is 349 g/mol. The van der Waals surface area contributed by atoms with Crippen molar-refractivity contribution >= 4 is 33.6 Å². The second-order valence-electron chi connectivity index (χ2n) is 5.33. The van der Waals surface area contributed by atoms with Crippen LogP contribution in [0.5, 0.6) is 0 Å². The van der Waals surface area contributed by atoms with E-state index in [1.54, 1.807) is 0 Å². The molecule has 19 heavy (non-hydrogen) atoms. The summed E-state index contributed by atoms with van der Waals surface area (Å²) in [4.78, 5) is 11.7. The zero-order chi connectivity index (χ0) is 14.5. The second kappa shape index (κ2) is 7.15. The highest BCUT2D eigenvalue weighted by Gasteiger charge is 2.19. The van der Waals surface area contributed by atoms with Gasteiger partial charge >= 0.3 is 6.09 Å². The van der Waals surface area contributed by atoms with Gasteiger partial charge in [-0.2, -0.15) is 0 Å². The van der Waals surface area contributed by atoms with Gasteiger partial charge in [-0.1, -0.05) is 39.7 Å². The lowest BCUT2D eigenvalue weighted by Gasteiger charge is -2.22. The molecule has 0 saturated heterocycles. The molecule has 0 spiro atoms. The molecule has 1 amide bonds. The zero-order valence-corrected chi connectivity index (χ0v) is 13.7. The first-order valence-electron chi connectivity index (χ1n) is 6.10. The number of benzene rings is 1. The monoisotopic (exact) mass is 347 g/mol. The molecule has 0 aromatic heterocycles. The van der Waals surface area contributed by atoms with Crippen molar-refractivity contribution in [2.45, 2.75) is 38.8 Å². The number of halogens is 2. The fourth-order valence-electron chi connectivity index (χ4n) is 1.52. The summed E-state index contributed by atoms with van der Waals surface area (Å²) in [5, 5.41) is 4.21. The van der Waals surface area contributed by atoms with Crippen molar-refractivity contribution in [3.05, 3.63) is 34.9 Å². The van der Waals surface area contributed by atoms with E-state index in [1.807, 2.05) is 45.0 Å². The standard InChI is InChI=1S/C14H19BrClNO2/c1-14(2,3)19-13(18)17-12(9-15)8-10-4-6-11(16)7-5-10/h4-7,12H,8-9H2,1-3H3,(H,17,18). The highest BCUT2D eigenvalue weighted by Crippen LogP contribution is 2.12. The molecule has 5 heteroatoms. The summed E-state index contributed by atoms with van der Waals surface area (Å²) in [5.41, 5.74) is 0.631. The minimum Gasteiger partial charge on any atom is -0.444 e. The number of rotatable bonds is 4. The summed E-state index contributed by atoms with van der Waals surface area (Å²) in [6.45, 7) is 5.53. The number of hydrogen-bond donors (Lipinski definition) is 1. The largest absolute Gasteiger partial charge is 0.444 e. The third-order valence-electron chi connectivity index (χ3n) is 2.30. The topological polar surface area (TPSA) is 38.3 Å². The van der Waals surface area contributed by atoms with E-state index in [1.165, 1.54) is 0 Å². The van der Waals surface area contributed by atoms with Crippen LogP contribution in [0.3, 0.4) is 0 Å². The summed E-state index contributed by atoms with van der Waals surface area (Å²) in [6, 6.07) is 7.57. The molecule has 0 radical (unpaired) electrons. The number of carbonyl (C=O) groups is 1. The van der Waals surface area contributed by atoms with Crippen molar-refractivity contribution in [1.29, 1.82) is 0 Å². The Morgan fingerprint density at radius 2 is 1.95 bits per heavy atom. The highest BCUT2D eigenvalue weighted by atomic mass is 79.9. The van der Waals surface area contributed by atoms with Crippen LogP contribution in [-0.2, 0) is 11.2 Å². The zero-order valence-electron chi connectivity index (χ0n) is 11.4. The molecule has 0 bridgehead atoms. The Balaban J connectivity index is 2.54. The molecule has 0 aliphatic carbocycles. The van der Waals surface area contributed by atoms with E-state index in [4.69, 9.17) is 16.3 Å². The van der Waals surface area contributed by atoms with Crippen LogP contribution in [0.2, 0.25) is 5.02 Å². The Kier molecular flexibility index (Phi) is 6.14.